The van der Waals surface area contributed by atoms with Crippen molar-refractivity contribution in [1.29, 1.82) is 0 Å². The summed E-state index contributed by atoms with van der Waals surface area (Å²) in [6.07, 6.45) is 2.21. The molecule has 5 nitrogen and oxygen atoms in total. The Hall–Kier alpha value is -3.16. The van der Waals surface area contributed by atoms with Crippen molar-refractivity contribution in [3.05, 3.63) is 77.3 Å². The summed E-state index contributed by atoms with van der Waals surface area (Å²) in [6.45, 7) is 0.305. The zero-order valence-electron chi connectivity index (χ0n) is 16.6. The minimum absolute atomic E-state index is 0.00528. The quantitative estimate of drug-likeness (QED) is 0.373. The highest BCUT2D eigenvalue weighted by Crippen LogP contribution is 2.36. The van der Waals surface area contributed by atoms with Crippen LogP contribution in [0.1, 0.15) is 18.5 Å². The summed E-state index contributed by atoms with van der Waals surface area (Å²) in [6, 6.07) is 22.1. The number of carbonyl (C=O) groups excluding carboxylic acids is 1. The fourth-order valence-corrected chi connectivity index (χ4v) is 4.72. The van der Waals surface area contributed by atoms with Gasteiger partial charge in [-0.3, -0.25) is 14.5 Å². The molecule has 1 aromatic heterocycles. The molecular weight excluding hydrogens is 428 g/mol. The van der Waals surface area contributed by atoms with E-state index < -0.39 is 5.97 Å². The fourth-order valence-electron chi connectivity index (χ4n) is 3.43. The molecule has 4 rings (SSSR count). The van der Waals surface area contributed by atoms with Crippen molar-refractivity contribution < 1.29 is 14.7 Å². The number of thiocarbonyl (C=S) groups is 1. The van der Waals surface area contributed by atoms with Crippen molar-refractivity contribution in [3.63, 3.8) is 0 Å². The van der Waals surface area contributed by atoms with E-state index in [0.29, 0.717) is 22.2 Å². The number of benzene rings is 2. The third-order valence-electron chi connectivity index (χ3n) is 4.94. The number of thioether (sulfide) groups is 1. The molecule has 1 aliphatic heterocycles. The lowest BCUT2D eigenvalue weighted by Crippen LogP contribution is -2.29. The molecule has 0 saturated carbocycles. The summed E-state index contributed by atoms with van der Waals surface area (Å²) in [5.41, 5.74) is 4.89. The molecule has 0 aliphatic carbocycles. The highest BCUT2D eigenvalue weighted by Gasteiger charge is 2.32. The first-order valence-electron chi connectivity index (χ1n) is 9.84. The van der Waals surface area contributed by atoms with E-state index in [4.69, 9.17) is 17.3 Å². The van der Waals surface area contributed by atoms with Crippen LogP contribution < -0.4 is 0 Å². The average molecular weight is 449 g/mol. The molecule has 2 N–H and O–H groups in total. The van der Waals surface area contributed by atoms with E-state index in [1.807, 2.05) is 66.7 Å². The molecule has 0 atom stereocenters. The lowest BCUT2D eigenvalue weighted by atomic mass is 10.0. The maximum atomic E-state index is 12.9. The molecule has 0 unspecified atom stereocenters. The topological polar surface area (TPSA) is 73.4 Å². The first-order valence-corrected chi connectivity index (χ1v) is 11.1. The molecular formula is C24H20N2O3S2. The summed E-state index contributed by atoms with van der Waals surface area (Å²) in [5, 5.41) is 8.84. The van der Waals surface area contributed by atoms with Gasteiger partial charge >= 0.3 is 5.97 Å². The van der Waals surface area contributed by atoms with Gasteiger partial charge in [0.05, 0.1) is 4.91 Å². The van der Waals surface area contributed by atoms with Crippen LogP contribution in [0.5, 0.6) is 0 Å². The predicted molar refractivity (Wildman–Crippen MR) is 128 cm³/mol. The van der Waals surface area contributed by atoms with Gasteiger partial charge in [-0.25, -0.2) is 0 Å². The van der Waals surface area contributed by atoms with Crippen LogP contribution in [0.15, 0.2) is 71.6 Å². The minimum Gasteiger partial charge on any atom is -0.481 e. The van der Waals surface area contributed by atoms with Crippen LogP contribution in [0.3, 0.4) is 0 Å². The molecule has 0 bridgehead atoms. The molecule has 1 amide bonds. The van der Waals surface area contributed by atoms with Gasteiger partial charge in [0.25, 0.3) is 5.91 Å². The molecule has 31 heavy (non-hydrogen) atoms. The van der Waals surface area contributed by atoms with Crippen LogP contribution in [0.2, 0.25) is 0 Å². The fraction of sp³-hybridized carbons (Fsp3) is 0.125. The second-order valence-corrected chi connectivity index (χ2v) is 8.75. The van der Waals surface area contributed by atoms with Crippen molar-refractivity contribution in [2.24, 2.45) is 0 Å². The maximum absolute atomic E-state index is 12.9. The van der Waals surface area contributed by atoms with E-state index in [9.17, 15) is 9.59 Å². The average Bonchev–Trinajstić information content (AvgIpc) is 3.31. The lowest BCUT2D eigenvalue weighted by molar-refractivity contribution is -0.137. The summed E-state index contributed by atoms with van der Waals surface area (Å²) in [7, 11) is 0. The third kappa shape index (κ3) is 4.78. The Balaban J connectivity index is 1.68. The van der Waals surface area contributed by atoms with E-state index in [0.717, 1.165) is 28.1 Å². The molecule has 3 aromatic rings. The van der Waals surface area contributed by atoms with Gasteiger partial charge in [0.1, 0.15) is 4.32 Å². The number of carbonyl (C=O) groups is 2. The van der Waals surface area contributed by atoms with E-state index in [1.54, 1.807) is 0 Å². The molecule has 156 valence electrons. The summed E-state index contributed by atoms with van der Waals surface area (Å²) in [5.74, 6) is -1.07. The van der Waals surface area contributed by atoms with Crippen LogP contribution in [0.4, 0.5) is 0 Å². The van der Waals surface area contributed by atoms with Crippen LogP contribution in [-0.4, -0.2) is 37.7 Å². The second-order valence-electron chi connectivity index (χ2n) is 7.07. The zero-order valence-corrected chi connectivity index (χ0v) is 18.2. The molecule has 0 spiro atoms. The Morgan fingerprint density at radius 2 is 1.71 bits per heavy atom. The molecule has 0 radical (unpaired) electrons. The molecule has 2 heterocycles. The molecule has 2 aromatic carbocycles. The second kappa shape index (κ2) is 9.32. The number of nitrogens with zero attached hydrogens (tertiary/aromatic N) is 1. The number of aliphatic carboxylic acids is 1. The van der Waals surface area contributed by atoms with Gasteiger partial charge in [-0.2, -0.15) is 0 Å². The number of hydrogen-bond acceptors (Lipinski definition) is 4. The van der Waals surface area contributed by atoms with E-state index in [-0.39, 0.29) is 12.3 Å². The Kier molecular flexibility index (Phi) is 6.34. The standard InChI is InChI=1S/C24H20N2O3S2/c27-22(28)12-7-13-26-23(29)21(31-24(26)30)15-20-18(16-8-3-1-4-9-16)14-19(25-20)17-10-5-2-6-11-17/h1-6,8-11,14-15,25H,7,12-13H2,(H,27,28)/b21-15-. The van der Waals surface area contributed by atoms with Crippen molar-refractivity contribution in [2.45, 2.75) is 12.8 Å². The normalized spacial score (nSPS) is 15.1. The number of hydrogen-bond donors (Lipinski definition) is 2. The van der Waals surface area contributed by atoms with Gasteiger partial charge in [0.2, 0.25) is 0 Å². The highest BCUT2D eigenvalue weighted by molar-refractivity contribution is 8.26. The van der Waals surface area contributed by atoms with Crippen molar-refractivity contribution in [1.82, 2.24) is 9.88 Å². The summed E-state index contributed by atoms with van der Waals surface area (Å²) < 4.78 is 0.456. The van der Waals surface area contributed by atoms with Crippen LogP contribution >= 0.6 is 24.0 Å². The van der Waals surface area contributed by atoms with Gasteiger partial charge in [-0.05, 0) is 29.7 Å². The van der Waals surface area contributed by atoms with Gasteiger partial charge < -0.3 is 10.1 Å². The van der Waals surface area contributed by atoms with E-state index in [1.165, 1.54) is 16.7 Å². The molecule has 7 heteroatoms. The monoisotopic (exact) mass is 448 g/mol. The van der Waals surface area contributed by atoms with E-state index in [2.05, 4.69) is 11.1 Å². The number of carboxylic acid groups (broad SMARTS) is 1. The van der Waals surface area contributed by atoms with Crippen molar-refractivity contribution >= 4 is 46.3 Å². The largest absolute Gasteiger partial charge is 0.481 e. The Labute approximate surface area is 189 Å². The summed E-state index contributed by atoms with van der Waals surface area (Å²) >= 11 is 6.61. The van der Waals surface area contributed by atoms with Crippen molar-refractivity contribution in [2.75, 3.05) is 6.54 Å². The third-order valence-corrected chi connectivity index (χ3v) is 6.32. The summed E-state index contributed by atoms with van der Waals surface area (Å²) in [4.78, 5) is 29.1. The maximum Gasteiger partial charge on any atom is 0.303 e. The smallest absolute Gasteiger partial charge is 0.303 e. The number of amides is 1. The van der Waals surface area contributed by atoms with E-state index >= 15 is 0 Å². The zero-order chi connectivity index (χ0) is 21.8. The lowest BCUT2D eigenvalue weighted by Gasteiger charge is -2.13. The molecule has 1 saturated heterocycles. The van der Waals surface area contributed by atoms with Gasteiger partial charge in [-0.15, -0.1) is 0 Å². The number of H-pyrrole nitrogens is 1. The number of rotatable bonds is 7. The van der Waals surface area contributed by atoms with Crippen molar-refractivity contribution in [3.8, 4) is 22.4 Å². The van der Waals surface area contributed by atoms with Gasteiger partial charge in [0, 0.05) is 29.9 Å². The van der Waals surface area contributed by atoms with Crippen LogP contribution in [0, 0.1) is 0 Å². The number of nitrogens with one attached hydrogen (secondary N) is 1. The first kappa shape index (κ1) is 21.1. The number of carboxylic acids is 1. The predicted octanol–water partition coefficient (Wildman–Crippen LogP) is 5.41. The first-order chi connectivity index (χ1) is 15.0. The SMILES string of the molecule is O=C(O)CCCN1C(=O)/C(=C/c2[nH]c(-c3ccccc3)cc2-c2ccccc2)SC1=S. The van der Waals surface area contributed by atoms with Gasteiger partial charge in [-0.1, -0.05) is 84.6 Å². The Bertz CT molecular complexity index is 1150. The number of aromatic nitrogens is 1. The highest BCUT2D eigenvalue weighted by atomic mass is 32.2. The number of aromatic amines is 1. The minimum atomic E-state index is -0.881. The van der Waals surface area contributed by atoms with Crippen LogP contribution in [0.25, 0.3) is 28.5 Å². The van der Waals surface area contributed by atoms with Crippen LogP contribution in [-0.2, 0) is 9.59 Å². The Morgan fingerprint density at radius 1 is 1.06 bits per heavy atom. The molecule has 1 fully saturated rings. The molecule has 1 aliphatic rings. The Morgan fingerprint density at radius 3 is 2.35 bits per heavy atom. The van der Waals surface area contributed by atoms with Gasteiger partial charge in [0.15, 0.2) is 0 Å².